The molecule has 0 radical (unpaired) electrons. The Labute approximate surface area is 185 Å². The second-order valence-electron chi connectivity index (χ2n) is 8.36. The highest BCUT2D eigenvalue weighted by molar-refractivity contribution is 7.19. The molecule has 7 heteroatoms. The van der Waals surface area contributed by atoms with Crippen LogP contribution < -0.4 is 4.90 Å². The lowest BCUT2D eigenvalue weighted by Gasteiger charge is -2.36. The van der Waals surface area contributed by atoms with Crippen LogP contribution in [0.2, 0.25) is 0 Å². The monoisotopic (exact) mass is 440 g/mol. The van der Waals surface area contributed by atoms with Crippen molar-refractivity contribution >= 4 is 44.6 Å². The van der Waals surface area contributed by atoms with E-state index in [2.05, 4.69) is 18.7 Å². The zero-order valence-corrected chi connectivity index (χ0v) is 19.3. The molecule has 1 aliphatic carbocycles. The lowest BCUT2D eigenvalue weighted by molar-refractivity contribution is 0.0751. The molecule has 4 heterocycles. The lowest BCUT2D eigenvalue weighted by atomic mass is 9.96. The summed E-state index contributed by atoms with van der Waals surface area (Å²) in [6.07, 6.45) is 5.90. The third kappa shape index (κ3) is 3.52. The van der Waals surface area contributed by atoms with Gasteiger partial charge in [-0.15, -0.1) is 22.7 Å². The van der Waals surface area contributed by atoms with E-state index >= 15 is 0 Å². The Morgan fingerprint density at radius 3 is 2.70 bits per heavy atom. The summed E-state index contributed by atoms with van der Waals surface area (Å²) < 4.78 is 0. The highest BCUT2D eigenvalue weighted by Gasteiger charge is 2.28. The quantitative estimate of drug-likeness (QED) is 0.566. The van der Waals surface area contributed by atoms with E-state index in [1.54, 1.807) is 0 Å². The molecule has 0 saturated carbocycles. The van der Waals surface area contributed by atoms with Crippen molar-refractivity contribution in [3.8, 4) is 0 Å². The number of carbonyl (C=O) groups is 1. The molecule has 1 amide bonds. The maximum Gasteiger partial charge on any atom is 0.264 e. The predicted molar refractivity (Wildman–Crippen MR) is 125 cm³/mol. The van der Waals surface area contributed by atoms with Gasteiger partial charge in [-0.3, -0.25) is 4.79 Å². The van der Waals surface area contributed by atoms with E-state index in [1.165, 1.54) is 51.3 Å². The zero-order valence-electron chi connectivity index (χ0n) is 17.7. The third-order valence-corrected chi connectivity index (χ3v) is 8.51. The summed E-state index contributed by atoms with van der Waals surface area (Å²) >= 11 is 3.41. The van der Waals surface area contributed by atoms with Gasteiger partial charge in [-0.1, -0.05) is 19.9 Å². The van der Waals surface area contributed by atoms with Gasteiger partial charge in [0.1, 0.15) is 16.5 Å². The van der Waals surface area contributed by atoms with Crippen molar-refractivity contribution in [3.63, 3.8) is 0 Å². The molecule has 5 rings (SSSR count). The topological polar surface area (TPSA) is 49.3 Å². The molecule has 0 N–H and O–H groups in total. The van der Waals surface area contributed by atoms with Crippen LogP contribution in [0.1, 0.15) is 65.0 Å². The smallest absolute Gasteiger partial charge is 0.264 e. The van der Waals surface area contributed by atoms with E-state index in [0.717, 1.165) is 55.5 Å². The summed E-state index contributed by atoms with van der Waals surface area (Å²) in [6, 6.07) is 3.87. The average Bonchev–Trinajstić information content (AvgIpc) is 3.45. The highest BCUT2D eigenvalue weighted by atomic mass is 32.1. The number of hydrogen-bond donors (Lipinski definition) is 0. The van der Waals surface area contributed by atoms with E-state index in [1.807, 2.05) is 33.7 Å². The summed E-state index contributed by atoms with van der Waals surface area (Å²) in [5, 5.41) is 3.26. The summed E-state index contributed by atoms with van der Waals surface area (Å²) in [7, 11) is 0. The summed E-state index contributed by atoms with van der Waals surface area (Å²) in [5.41, 5.74) is 1.49. The van der Waals surface area contributed by atoms with Gasteiger partial charge in [0.2, 0.25) is 0 Å². The second kappa shape index (κ2) is 8.27. The van der Waals surface area contributed by atoms with Crippen molar-refractivity contribution in [2.75, 3.05) is 31.1 Å². The molecular formula is C23H28N4OS2. The number of hydrogen-bond acceptors (Lipinski definition) is 6. The normalized spacial score (nSPS) is 17.9. The molecule has 0 unspecified atom stereocenters. The van der Waals surface area contributed by atoms with Crippen LogP contribution in [0.4, 0.5) is 5.82 Å². The molecule has 1 fully saturated rings. The summed E-state index contributed by atoms with van der Waals surface area (Å²) in [6.45, 7) is 7.56. The maximum atomic E-state index is 12.7. The van der Waals surface area contributed by atoms with Crippen molar-refractivity contribution in [2.24, 2.45) is 0 Å². The molecule has 3 aromatic rings. The molecule has 1 aliphatic heterocycles. The average molecular weight is 441 g/mol. The maximum absolute atomic E-state index is 12.7. The number of piperazine rings is 1. The molecule has 158 valence electrons. The third-order valence-electron chi connectivity index (χ3n) is 6.46. The molecule has 1 atom stereocenters. The molecule has 3 aromatic heterocycles. The molecular weight excluding hydrogens is 412 g/mol. The predicted octanol–water partition coefficient (Wildman–Crippen LogP) is 5.11. The SMILES string of the molecule is CC[C@H](C)c1nc(N2CCN(C(=O)c3cccs3)CC2)c2c3c(sc2n1)CCCC3. The van der Waals surface area contributed by atoms with Crippen LogP contribution in [0.5, 0.6) is 0 Å². The first kappa shape index (κ1) is 19.9. The van der Waals surface area contributed by atoms with Crippen LogP contribution in [0.25, 0.3) is 10.2 Å². The van der Waals surface area contributed by atoms with E-state index in [-0.39, 0.29) is 5.91 Å². The largest absolute Gasteiger partial charge is 0.352 e. The minimum atomic E-state index is 0.158. The Bertz CT molecular complexity index is 1050. The zero-order chi connectivity index (χ0) is 20.7. The molecule has 2 aliphatic rings. The molecule has 0 aromatic carbocycles. The number of amides is 1. The Kier molecular flexibility index (Phi) is 5.50. The highest BCUT2D eigenvalue weighted by Crippen LogP contribution is 2.40. The van der Waals surface area contributed by atoms with Gasteiger partial charge >= 0.3 is 0 Å². The number of nitrogens with zero attached hydrogens (tertiary/aromatic N) is 4. The fourth-order valence-electron chi connectivity index (χ4n) is 4.46. The van der Waals surface area contributed by atoms with Gasteiger partial charge in [0.05, 0.1) is 10.3 Å². The Morgan fingerprint density at radius 2 is 1.97 bits per heavy atom. The van der Waals surface area contributed by atoms with Crippen LogP contribution >= 0.6 is 22.7 Å². The first-order chi connectivity index (χ1) is 14.7. The molecule has 5 nitrogen and oxygen atoms in total. The number of thiophene rings is 2. The molecule has 0 bridgehead atoms. The van der Waals surface area contributed by atoms with Gasteiger partial charge in [-0.05, 0) is 49.1 Å². The van der Waals surface area contributed by atoms with E-state index in [9.17, 15) is 4.79 Å². The lowest BCUT2D eigenvalue weighted by Crippen LogP contribution is -2.49. The van der Waals surface area contributed by atoms with Gasteiger partial charge in [-0.25, -0.2) is 9.97 Å². The minimum absolute atomic E-state index is 0.158. The van der Waals surface area contributed by atoms with Crippen molar-refractivity contribution < 1.29 is 4.79 Å². The van der Waals surface area contributed by atoms with E-state index in [4.69, 9.17) is 9.97 Å². The Hall–Kier alpha value is -1.99. The van der Waals surface area contributed by atoms with Gasteiger partial charge in [-0.2, -0.15) is 0 Å². The van der Waals surface area contributed by atoms with Gasteiger partial charge in [0, 0.05) is 37.0 Å². The number of fused-ring (bicyclic) bond motifs is 3. The summed E-state index contributed by atoms with van der Waals surface area (Å²) in [5.74, 6) is 2.59. The van der Waals surface area contributed by atoms with Crippen LogP contribution in [0, 0.1) is 0 Å². The van der Waals surface area contributed by atoms with Crippen LogP contribution in [-0.4, -0.2) is 47.0 Å². The van der Waals surface area contributed by atoms with Gasteiger partial charge < -0.3 is 9.80 Å². The van der Waals surface area contributed by atoms with Crippen LogP contribution in [0.15, 0.2) is 17.5 Å². The number of anilines is 1. The summed E-state index contributed by atoms with van der Waals surface area (Å²) in [4.78, 5) is 30.8. The van der Waals surface area contributed by atoms with E-state index < -0.39 is 0 Å². The van der Waals surface area contributed by atoms with E-state index in [0.29, 0.717) is 5.92 Å². The first-order valence-electron chi connectivity index (χ1n) is 11.1. The Morgan fingerprint density at radius 1 is 1.17 bits per heavy atom. The minimum Gasteiger partial charge on any atom is -0.352 e. The van der Waals surface area contributed by atoms with Gasteiger partial charge in [0.15, 0.2) is 0 Å². The fourth-order valence-corrected chi connectivity index (χ4v) is 6.42. The second-order valence-corrected chi connectivity index (χ2v) is 10.4. The Balaban J connectivity index is 1.47. The number of aromatic nitrogens is 2. The standard InChI is InChI=1S/C23H28N4OS2/c1-3-15(2)20-24-21(19-16-7-4-5-8-17(16)30-22(19)25-20)26-10-12-27(13-11-26)23(28)18-9-6-14-29-18/h6,9,14-15H,3-5,7-8,10-13H2,1-2H3/t15-/m0/s1. The van der Waals surface area contributed by atoms with Crippen molar-refractivity contribution in [1.82, 2.24) is 14.9 Å². The number of rotatable bonds is 4. The fraction of sp³-hybridized carbons (Fsp3) is 0.522. The number of aryl methyl sites for hydroxylation is 2. The first-order valence-corrected chi connectivity index (χ1v) is 12.7. The van der Waals surface area contributed by atoms with Crippen LogP contribution in [-0.2, 0) is 12.8 Å². The molecule has 0 spiro atoms. The molecule has 30 heavy (non-hydrogen) atoms. The van der Waals surface area contributed by atoms with Crippen molar-refractivity contribution in [2.45, 2.75) is 51.9 Å². The van der Waals surface area contributed by atoms with Crippen molar-refractivity contribution in [3.05, 3.63) is 38.7 Å². The number of carbonyl (C=O) groups excluding carboxylic acids is 1. The van der Waals surface area contributed by atoms with Gasteiger partial charge in [0.25, 0.3) is 5.91 Å². The molecule has 1 saturated heterocycles. The van der Waals surface area contributed by atoms with Crippen molar-refractivity contribution in [1.29, 1.82) is 0 Å². The van der Waals surface area contributed by atoms with Crippen LogP contribution in [0.3, 0.4) is 0 Å².